The Morgan fingerprint density at radius 3 is 2.45 bits per heavy atom. The second-order valence-electron chi connectivity index (χ2n) is 8.07. The zero-order valence-electron chi connectivity index (χ0n) is 17.6. The SMILES string of the molecule is CCCNC(=O)[C@H](C)NC(=O)C[NH+]1CC[NH+](Cc2cccc3ccccc23)CC1. The van der Waals surface area contributed by atoms with Crippen molar-refractivity contribution in [2.24, 2.45) is 0 Å². The van der Waals surface area contributed by atoms with Crippen LogP contribution in [0.15, 0.2) is 42.5 Å². The van der Waals surface area contributed by atoms with Gasteiger partial charge >= 0.3 is 0 Å². The van der Waals surface area contributed by atoms with E-state index in [2.05, 4.69) is 53.1 Å². The van der Waals surface area contributed by atoms with Gasteiger partial charge in [0.15, 0.2) is 6.54 Å². The molecule has 1 heterocycles. The molecular formula is C23H34N4O2+2. The average molecular weight is 399 g/mol. The first-order valence-electron chi connectivity index (χ1n) is 10.8. The number of piperazine rings is 1. The lowest BCUT2D eigenvalue weighted by molar-refractivity contribution is -1.02. The van der Waals surface area contributed by atoms with E-state index in [4.69, 9.17) is 0 Å². The summed E-state index contributed by atoms with van der Waals surface area (Å²) in [5.74, 6) is -0.156. The van der Waals surface area contributed by atoms with Crippen molar-refractivity contribution in [1.29, 1.82) is 0 Å². The molecule has 0 saturated carbocycles. The summed E-state index contributed by atoms with van der Waals surface area (Å²) in [7, 11) is 0. The monoisotopic (exact) mass is 398 g/mol. The van der Waals surface area contributed by atoms with E-state index in [9.17, 15) is 9.59 Å². The Balaban J connectivity index is 1.44. The fourth-order valence-electron chi connectivity index (χ4n) is 4.01. The fourth-order valence-corrected chi connectivity index (χ4v) is 4.01. The van der Waals surface area contributed by atoms with E-state index in [-0.39, 0.29) is 11.8 Å². The van der Waals surface area contributed by atoms with Gasteiger partial charge in [-0.1, -0.05) is 49.4 Å². The summed E-state index contributed by atoms with van der Waals surface area (Å²) in [4.78, 5) is 27.1. The predicted molar refractivity (Wildman–Crippen MR) is 115 cm³/mol. The molecule has 156 valence electrons. The van der Waals surface area contributed by atoms with Gasteiger partial charge < -0.3 is 20.4 Å². The van der Waals surface area contributed by atoms with Crippen molar-refractivity contribution in [3.05, 3.63) is 48.0 Å². The number of quaternary nitrogens is 2. The highest BCUT2D eigenvalue weighted by Gasteiger charge is 2.26. The predicted octanol–water partition coefficient (Wildman–Crippen LogP) is -0.846. The molecule has 6 nitrogen and oxygen atoms in total. The third-order valence-electron chi connectivity index (χ3n) is 5.72. The van der Waals surface area contributed by atoms with Gasteiger partial charge in [-0.2, -0.15) is 0 Å². The molecule has 1 saturated heterocycles. The molecule has 0 unspecified atom stereocenters. The molecule has 0 aromatic heterocycles. The molecule has 4 N–H and O–H groups in total. The number of nitrogens with one attached hydrogen (secondary N) is 4. The van der Waals surface area contributed by atoms with Gasteiger partial charge in [-0.05, 0) is 24.1 Å². The van der Waals surface area contributed by atoms with Crippen molar-refractivity contribution in [2.45, 2.75) is 32.9 Å². The first kappa shape index (κ1) is 21.3. The highest BCUT2D eigenvalue weighted by molar-refractivity contribution is 5.87. The molecule has 1 fully saturated rings. The first-order valence-corrected chi connectivity index (χ1v) is 10.8. The Morgan fingerprint density at radius 2 is 1.69 bits per heavy atom. The van der Waals surface area contributed by atoms with Crippen LogP contribution in [0.3, 0.4) is 0 Å². The molecule has 2 amide bonds. The average Bonchev–Trinajstić information content (AvgIpc) is 2.73. The number of carbonyl (C=O) groups is 2. The van der Waals surface area contributed by atoms with Crippen LogP contribution in [0.2, 0.25) is 0 Å². The van der Waals surface area contributed by atoms with Crippen molar-refractivity contribution in [2.75, 3.05) is 39.3 Å². The molecule has 6 heteroatoms. The zero-order chi connectivity index (χ0) is 20.6. The van der Waals surface area contributed by atoms with Crippen LogP contribution in [0.25, 0.3) is 10.8 Å². The maximum atomic E-state index is 12.3. The number of rotatable bonds is 8. The van der Waals surface area contributed by atoms with Crippen LogP contribution in [-0.4, -0.2) is 57.1 Å². The first-order chi connectivity index (χ1) is 14.1. The topological polar surface area (TPSA) is 67.1 Å². The lowest BCUT2D eigenvalue weighted by Crippen LogP contribution is -3.28. The van der Waals surface area contributed by atoms with E-state index in [1.165, 1.54) is 21.2 Å². The minimum Gasteiger partial charge on any atom is -0.354 e. The summed E-state index contributed by atoms with van der Waals surface area (Å²) in [6.07, 6.45) is 0.891. The van der Waals surface area contributed by atoms with Crippen molar-refractivity contribution >= 4 is 22.6 Å². The second-order valence-corrected chi connectivity index (χ2v) is 8.07. The standard InChI is InChI=1S/C23H32N4O2/c1-3-11-24-23(29)18(2)25-22(28)17-27-14-12-26(13-15-27)16-20-9-6-8-19-7-4-5-10-21(19)20/h4-10,18H,3,11-17H2,1-2H3,(H,24,29)(H,25,28)/p+2/t18-/m0/s1. The minimum absolute atomic E-state index is 0.0448. The maximum Gasteiger partial charge on any atom is 0.275 e. The molecule has 1 aliphatic rings. The maximum absolute atomic E-state index is 12.3. The lowest BCUT2D eigenvalue weighted by Gasteiger charge is -2.29. The van der Waals surface area contributed by atoms with Crippen molar-refractivity contribution in [3.8, 4) is 0 Å². The van der Waals surface area contributed by atoms with Crippen molar-refractivity contribution in [1.82, 2.24) is 10.6 Å². The Labute approximate surface area is 173 Å². The fraction of sp³-hybridized carbons (Fsp3) is 0.478. The van der Waals surface area contributed by atoms with Gasteiger partial charge in [0.2, 0.25) is 5.91 Å². The molecule has 2 aromatic carbocycles. The van der Waals surface area contributed by atoms with E-state index < -0.39 is 6.04 Å². The minimum atomic E-state index is -0.480. The molecule has 0 bridgehead atoms. The van der Waals surface area contributed by atoms with Crippen molar-refractivity contribution < 1.29 is 19.4 Å². The number of benzene rings is 2. The van der Waals surface area contributed by atoms with E-state index in [0.29, 0.717) is 13.1 Å². The van der Waals surface area contributed by atoms with Crippen LogP contribution in [-0.2, 0) is 16.1 Å². The summed E-state index contributed by atoms with van der Waals surface area (Å²) in [6.45, 7) is 9.91. The van der Waals surface area contributed by atoms with Gasteiger partial charge in [-0.25, -0.2) is 0 Å². The summed E-state index contributed by atoms with van der Waals surface area (Å²) in [5.41, 5.74) is 1.39. The largest absolute Gasteiger partial charge is 0.354 e. The second kappa shape index (κ2) is 10.4. The van der Waals surface area contributed by atoms with E-state index >= 15 is 0 Å². The van der Waals surface area contributed by atoms with Crippen LogP contribution >= 0.6 is 0 Å². The van der Waals surface area contributed by atoms with E-state index in [1.807, 2.05) is 6.92 Å². The number of hydrogen-bond acceptors (Lipinski definition) is 2. The van der Waals surface area contributed by atoms with Crippen molar-refractivity contribution in [3.63, 3.8) is 0 Å². The molecule has 29 heavy (non-hydrogen) atoms. The molecule has 0 radical (unpaired) electrons. The number of fused-ring (bicyclic) bond motifs is 1. The molecule has 0 aliphatic carbocycles. The summed E-state index contributed by atoms with van der Waals surface area (Å²) in [6, 6.07) is 14.6. The Kier molecular flexibility index (Phi) is 7.61. The van der Waals surface area contributed by atoms with Gasteiger partial charge in [0.05, 0.1) is 0 Å². The third-order valence-corrected chi connectivity index (χ3v) is 5.72. The summed E-state index contributed by atoms with van der Waals surface area (Å²) in [5, 5.41) is 8.28. The van der Waals surface area contributed by atoms with E-state index in [0.717, 1.165) is 39.1 Å². The Morgan fingerprint density at radius 1 is 1.00 bits per heavy atom. The van der Waals surface area contributed by atoms with Gasteiger partial charge in [-0.15, -0.1) is 0 Å². The molecule has 0 spiro atoms. The van der Waals surface area contributed by atoms with Gasteiger partial charge in [-0.3, -0.25) is 9.59 Å². The number of hydrogen-bond donors (Lipinski definition) is 4. The van der Waals surface area contributed by atoms with Crippen LogP contribution < -0.4 is 20.4 Å². The van der Waals surface area contributed by atoms with Gasteiger partial charge in [0.25, 0.3) is 5.91 Å². The molecule has 2 aromatic rings. The molecule has 1 atom stereocenters. The zero-order valence-corrected chi connectivity index (χ0v) is 17.6. The highest BCUT2D eigenvalue weighted by atomic mass is 16.2. The van der Waals surface area contributed by atoms with Crippen LogP contribution in [0.1, 0.15) is 25.8 Å². The van der Waals surface area contributed by atoms with Gasteiger partial charge in [0.1, 0.15) is 38.8 Å². The Bertz CT molecular complexity index is 825. The molecule has 1 aliphatic heterocycles. The third kappa shape index (κ3) is 6.02. The lowest BCUT2D eigenvalue weighted by atomic mass is 10.0. The Hall–Kier alpha value is -2.44. The summed E-state index contributed by atoms with van der Waals surface area (Å²) >= 11 is 0. The normalized spacial score (nSPS) is 20.2. The molecular weight excluding hydrogens is 364 g/mol. The van der Waals surface area contributed by atoms with Crippen LogP contribution in [0, 0.1) is 0 Å². The van der Waals surface area contributed by atoms with E-state index in [1.54, 1.807) is 11.8 Å². The van der Waals surface area contributed by atoms with Crippen LogP contribution in [0.4, 0.5) is 0 Å². The highest BCUT2D eigenvalue weighted by Crippen LogP contribution is 2.17. The summed E-state index contributed by atoms with van der Waals surface area (Å²) < 4.78 is 0. The van der Waals surface area contributed by atoms with Gasteiger partial charge in [0, 0.05) is 12.1 Å². The molecule has 3 rings (SSSR count). The van der Waals surface area contributed by atoms with Crippen LogP contribution in [0.5, 0.6) is 0 Å². The number of carbonyl (C=O) groups excluding carboxylic acids is 2. The quantitative estimate of drug-likeness (QED) is 0.468. The smallest absolute Gasteiger partial charge is 0.275 e. The number of amides is 2.